The van der Waals surface area contributed by atoms with Gasteiger partial charge in [-0.3, -0.25) is 4.79 Å². The van der Waals surface area contributed by atoms with Crippen molar-refractivity contribution in [3.63, 3.8) is 0 Å². The Bertz CT molecular complexity index is 766. The number of benzene rings is 2. The SMILES string of the molecule is CCN1C(=O)/C(=N/N=C\c2ccc(Br)cc2)c2ccccc21. The van der Waals surface area contributed by atoms with Crippen LogP contribution in [0.4, 0.5) is 5.69 Å². The van der Waals surface area contributed by atoms with Gasteiger partial charge in [0.2, 0.25) is 0 Å². The first-order valence-corrected chi connectivity index (χ1v) is 7.78. The van der Waals surface area contributed by atoms with Crippen LogP contribution in [-0.4, -0.2) is 24.4 Å². The van der Waals surface area contributed by atoms with Gasteiger partial charge in [0.1, 0.15) is 0 Å². The highest BCUT2D eigenvalue weighted by atomic mass is 79.9. The first-order chi connectivity index (χ1) is 10.7. The predicted octanol–water partition coefficient (Wildman–Crippen LogP) is 3.64. The number of hydrogen-bond acceptors (Lipinski definition) is 3. The molecule has 0 saturated heterocycles. The number of likely N-dealkylation sites (N-methyl/N-ethyl adjacent to an activating group) is 1. The molecule has 22 heavy (non-hydrogen) atoms. The monoisotopic (exact) mass is 355 g/mol. The normalized spacial score (nSPS) is 15.8. The summed E-state index contributed by atoms with van der Waals surface area (Å²) >= 11 is 3.39. The zero-order valence-electron chi connectivity index (χ0n) is 12.0. The molecule has 0 aliphatic carbocycles. The highest BCUT2D eigenvalue weighted by Crippen LogP contribution is 2.28. The van der Waals surface area contributed by atoms with Crippen LogP contribution in [0, 0.1) is 0 Å². The summed E-state index contributed by atoms with van der Waals surface area (Å²) < 4.78 is 1.01. The van der Waals surface area contributed by atoms with Crippen LogP contribution in [0.15, 0.2) is 63.2 Å². The molecule has 1 heterocycles. The Morgan fingerprint density at radius 1 is 1.14 bits per heavy atom. The molecule has 3 rings (SSSR count). The second-order valence-corrected chi connectivity index (χ2v) is 5.73. The minimum absolute atomic E-state index is 0.100. The van der Waals surface area contributed by atoms with Crippen LogP contribution in [-0.2, 0) is 4.79 Å². The van der Waals surface area contributed by atoms with Crippen LogP contribution in [0.3, 0.4) is 0 Å². The summed E-state index contributed by atoms with van der Waals surface area (Å²) in [6.45, 7) is 2.56. The van der Waals surface area contributed by atoms with Crippen LogP contribution in [0.1, 0.15) is 18.1 Å². The molecule has 0 atom stereocenters. The Hall–Kier alpha value is -2.27. The summed E-state index contributed by atoms with van der Waals surface area (Å²) in [5.74, 6) is -0.100. The molecule has 0 spiro atoms. The summed E-state index contributed by atoms with van der Waals surface area (Å²) in [7, 11) is 0. The zero-order chi connectivity index (χ0) is 15.5. The molecule has 1 amide bonds. The largest absolute Gasteiger partial charge is 0.307 e. The van der Waals surface area contributed by atoms with Gasteiger partial charge in [-0.25, -0.2) is 0 Å². The number of nitrogens with zero attached hydrogens (tertiary/aromatic N) is 3. The third kappa shape index (κ3) is 2.72. The molecule has 0 radical (unpaired) electrons. The first kappa shape index (κ1) is 14.7. The summed E-state index contributed by atoms with van der Waals surface area (Å²) in [5.41, 5.74) is 3.05. The van der Waals surface area contributed by atoms with Crippen molar-refractivity contribution in [2.75, 3.05) is 11.4 Å². The van der Waals surface area contributed by atoms with Crippen molar-refractivity contribution in [2.45, 2.75) is 6.92 Å². The minimum Gasteiger partial charge on any atom is -0.307 e. The molecular formula is C17H14BrN3O. The van der Waals surface area contributed by atoms with Crippen molar-refractivity contribution in [3.05, 3.63) is 64.1 Å². The molecule has 1 aliphatic rings. The molecule has 1 aliphatic heterocycles. The molecular weight excluding hydrogens is 342 g/mol. The molecule has 5 heteroatoms. The second-order valence-electron chi connectivity index (χ2n) is 4.81. The fourth-order valence-corrected chi connectivity index (χ4v) is 2.64. The van der Waals surface area contributed by atoms with Gasteiger partial charge in [-0.15, -0.1) is 5.10 Å². The number of carbonyl (C=O) groups excluding carboxylic acids is 1. The fraction of sp³-hybridized carbons (Fsp3) is 0.118. The summed E-state index contributed by atoms with van der Waals surface area (Å²) in [5, 5.41) is 8.22. The molecule has 110 valence electrons. The lowest BCUT2D eigenvalue weighted by Gasteiger charge is -2.12. The van der Waals surface area contributed by atoms with E-state index in [1.807, 2.05) is 55.5 Å². The van der Waals surface area contributed by atoms with E-state index in [1.165, 1.54) is 0 Å². The summed E-state index contributed by atoms with van der Waals surface area (Å²) in [6.07, 6.45) is 1.64. The van der Waals surface area contributed by atoms with Gasteiger partial charge in [0.05, 0.1) is 11.9 Å². The summed E-state index contributed by atoms with van der Waals surface area (Å²) in [6, 6.07) is 15.4. The van der Waals surface area contributed by atoms with Gasteiger partial charge >= 0.3 is 0 Å². The van der Waals surface area contributed by atoms with Gasteiger partial charge in [-0.05, 0) is 30.7 Å². The van der Waals surface area contributed by atoms with E-state index in [1.54, 1.807) is 11.1 Å². The van der Waals surface area contributed by atoms with Gasteiger partial charge in [-0.2, -0.15) is 5.10 Å². The van der Waals surface area contributed by atoms with E-state index in [2.05, 4.69) is 26.1 Å². The Morgan fingerprint density at radius 2 is 1.86 bits per heavy atom. The predicted molar refractivity (Wildman–Crippen MR) is 92.7 cm³/mol. The molecule has 0 fully saturated rings. The Kier molecular flexibility index (Phi) is 4.15. The number of hydrogen-bond donors (Lipinski definition) is 0. The smallest absolute Gasteiger partial charge is 0.279 e. The highest BCUT2D eigenvalue weighted by molar-refractivity contribution is 9.10. The molecule has 2 aromatic carbocycles. The topological polar surface area (TPSA) is 45.0 Å². The van der Waals surface area contributed by atoms with Crippen LogP contribution < -0.4 is 4.90 Å². The van der Waals surface area contributed by atoms with Crippen molar-refractivity contribution >= 4 is 39.5 Å². The lowest BCUT2D eigenvalue weighted by molar-refractivity contribution is -0.112. The standard InChI is InChI=1S/C17H14BrN3O/c1-2-21-15-6-4-3-5-14(15)16(17(21)22)20-19-11-12-7-9-13(18)10-8-12/h3-11H,2H2,1H3/b19-11-,20-16+. The quantitative estimate of drug-likeness (QED) is 0.612. The Balaban J connectivity index is 1.91. The maximum Gasteiger partial charge on any atom is 0.279 e. The van der Waals surface area contributed by atoms with E-state index in [0.29, 0.717) is 12.3 Å². The lowest BCUT2D eigenvalue weighted by atomic mass is 10.1. The van der Waals surface area contributed by atoms with Gasteiger partial charge in [0.15, 0.2) is 5.71 Å². The first-order valence-electron chi connectivity index (χ1n) is 6.98. The maximum absolute atomic E-state index is 12.4. The van der Waals surface area contributed by atoms with E-state index in [0.717, 1.165) is 21.3 Å². The summed E-state index contributed by atoms with van der Waals surface area (Å²) in [4.78, 5) is 14.1. The van der Waals surface area contributed by atoms with Crippen LogP contribution in [0.25, 0.3) is 0 Å². The van der Waals surface area contributed by atoms with Crippen molar-refractivity contribution < 1.29 is 4.79 Å². The maximum atomic E-state index is 12.4. The average Bonchev–Trinajstić information content (AvgIpc) is 2.81. The van der Waals surface area contributed by atoms with Crippen LogP contribution in [0.2, 0.25) is 0 Å². The molecule has 0 N–H and O–H groups in total. The number of halogens is 1. The fourth-order valence-electron chi connectivity index (χ4n) is 2.37. The lowest BCUT2D eigenvalue weighted by Crippen LogP contribution is -2.29. The third-order valence-electron chi connectivity index (χ3n) is 3.45. The minimum atomic E-state index is -0.100. The number of para-hydroxylation sites is 1. The second kappa shape index (κ2) is 6.23. The van der Waals surface area contributed by atoms with Gasteiger partial charge in [0.25, 0.3) is 5.91 Å². The molecule has 2 aromatic rings. The molecule has 4 nitrogen and oxygen atoms in total. The van der Waals surface area contributed by atoms with E-state index < -0.39 is 0 Å². The number of amides is 1. The van der Waals surface area contributed by atoms with Gasteiger partial charge < -0.3 is 4.90 Å². The Labute approximate surface area is 137 Å². The zero-order valence-corrected chi connectivity index (χ0v) is 13.6. The van der Waals surface area contributed by atoms with Crippen molar-refractivity contribution in [1.29, 1.82) is 0 Å². The van der Waals surface area contributed by atoms with Crippen molar-refractivity contribution in [2.24, 2.45) is 10.2 Å². The van der Waals surface area contributed by atoms with E-state index >= 15 is 0 Å². The third-order valence-corrected chi connectivity index (χ3v) is 3.98. The molecule has 0 unspecified atom stereocenters. The average molecular weight is 356 g/mol. The van der Waals surface area contributed by atoms with Crippen LogP contribution >= 0.6 is 15.9 Å². The number of anilines is 1. The number of carbonyl (C=O) groups is 1. The van der Waals surface area contributed by atoms with E-state index in [-0.39, 0.29) is 5.91 Å². The molecule has 0 bridgehead atoms. The Morgan fingerprint density at radius 3 is 2.59 bits per heavy atom. The van der Waals surface area contributed by atoms with E-state index in [9.17, 15) is 4.79 Å². The number of fused-ring (bicyclic) bond motifs is 1. The molecule has 0 saturated carbocycles. The van der Waals surface area contributed by atoms with E-state index in [4.69, 9.17) is 0 Å². The van der Waals surface area contributed by atoms with Gasteiger partial charge in [-0.1, -0.05) is 46.3 Å². The van der Waals surface area contributed by atoms with Gasteiger partial charge in [0, 0.05) is 16.6 Å². The van der Waals surface area contributed by atoms with Crippen LogP contribution in [0.5, 0.6) is 0 Å². The molecule has 0 aromatic heterocycles. The highest BCUT2D eigenvalue weighted by Gasteiger charge is 2.32. The van der Waals surface area contributed by atoms with Crippen molar-refractivity contribution in [1.82, 2.24) is 0 Å². The number of rotatable bonds is 3. The van der Waals surface area contributed by atoms with Crippen molar-refractivity contribution in [3.8, 4) is 0 Å².